The maximum atomic E-state index is 13.0. The molecule has 8 atom stereocenters. The highest BCUT2D eigenvalue weighted by atomic mass is 32.2. The maximum absolute atomic E-state index is 13.0. The minimum Gasteiger partial charge on any atom is -0.508 e. The standard InChI is InChI=1S/C33H48F5NO4S/c1-21-28(41)20-27-29-24(12-14-31(21,27)2)23-11-10-22(40)19-26(23)30(42)25(29)9-5-4-6-15-39(3)16-8-18-44(43)17-7-13-32(34,35)33(36,37)38/h10-11,19,24-25,27-30,40-42H,1,4-9,12-18,20H2,2-3H3/t24?,25?,27?,28-,29?,30+,31-,44?/m1/s1. The Labute approximate surface area is 260 Å². The number of phenols is 1. The molecule has 0 aliphatic heterocycles. The van der Waals surface area contributed by atoms with Crippen LogP contribution in [0.5, 0.6) is 5.75 Å². The van der Waals surface area contributed by atoms with E-state index in [2.05, 4.69) is 18.4 Å². The van der Waals surface area contributed by atoms with Crippen molar-refractivity contribution in [2.45, 2.75) is 101 Å². The Bertz CT molecular complexity index is 1180. The highest BCUT2D eigenvalue weighted by Crippen LogP contribution is 2.65. The van der Waals surface area contributed by atoms with Crippen molar-refractivity contribution in [3.8, 4) is 5.75 Å². The molecule has 0 heterocycles. The van der Waals surface area contributed by atoms with Crippen LogP contribution in [0.25, 0.3) is 0 Å². The molecule has 1 aromatic carbocycles. The number of aromatic hydroxyl groups is 1. The summed E-state index contributed by atoms with van der Waals surface area (Å²) in [5.41, 5.74) is 2.71. The van der Waals surface area contributed by atoms with Gasteiger partial charge < -0.3 is 20.2 Å². The quantitative estimate of drug-likeness (QED) is 0.114. The molecule has 2 fully saturated rings. The van der Waals surface area contributed by atoms with Crippen molar-refractivity contribution in [2.75, 3.05) is 31.6 Å². The molecule has 44 heavy (non-hydrogen) atoms. The summed E-state index contributed by atoms with van der Waals surface area (Å²) in [6.45, 7) is 7.95. The van der Waals surface area contributed by atoms with Crippen LogP contribution in [-0.2, 0) is 10.8 Å². The second kappa shape index (κ2) is 14.1. The lowest BCUT2D eigenvalue weighted by atomic mass is 9.51. The normalized spacial score (nSPS) is 31.1. The van der Waals surface area contributed by atoms with Crippen LogP contribution in [0, 0.1) is 23.2 Å². The fourth-order valence-electron chi connectivity index (χ4n) is 8.27. The summed E-state index contributed by atoms with van der Waals surface area (Å²) in [4.78, 5) is 2.11. The summed E-state index contributed by atoms with van der Waals surface area (Å²) in [5.74, 6) is -3.74. The zero-order chi connectivity index (χ0) is 32.4. The average molecular weight is 650 g/mol. The number of fused-ring (bicyclic) bond motifs is 5. The first-order chi connectivity index (χ1) is 20.6. The summed E-state index contributed by atoms with van der Waals surface area (Å²) < 4.78 is 74.9. The molecule has 250 valence electrons. The second-order valence-electron chi connectivity index (χ2n) is 13.6. The molecular weight excluding hydrogens is 601 g/mol. The van der Waals surface area contributed by atoms with Crippen molar-refractivity contribution in [1.29, 1.82) is 0 Å². The number of phenolic OH excluding ortho intramolecular Hbond substituents is 1. The van der Waals surface area contributed by atoms with Crippen LogP contribution in [0.2, 0.25) is 0 Å². The Morgan fingerprint density at radius 3 is 2.41 bits per heavy atom. The highest BCUT2D eigenvalue weighted by Gasteiger charge is 2.58. The number of rotatable bonds is 14. The lowest BCUT2D eigenvalue weighted by Crippen LogP contribution is -2.45. The first-order valence-corrected chi connectivity index (χ1v) is 17.4. The summed E-state index contributed by atoms with van der Waals surface area (Å²) in [6, 6.07) is 5.37. The van der Waals surface area contributed by atoms with Crippen LogP contribution < -0.4 is 0 Å². The van der Waals surface area contributed by atoms with Crippen molar-refractivity contribution in [3.63, 3.8) is 0 Å². The molecule has 3 N–H and O–H groups in total. The molecule has 0 aromatic heterocycles. The van der Waals surface area contributed by atoms with Crippen molar-refractivity contribution in [2.24, 2.45) is 23.2 Å². The SMILES string of the molecule is C=C1[C@H](O)CC2C3C(CC[C@]12C)c1ccc(O)cc1[C@@H](O)C3CCCCCN(C)CCCS(=O)CCCC(F)(F)C(F)(F)F. The number of hydrogen-bond acceptors (Lipinski definition) is 5. The van der Waals surface area contributed by atoms with Gasteiger partial charge in [0.1, 0.15) is 5.75 Å². The van der Waals surface area contributed by atoms with Crippen LogP contribution in [-0.4, -0.2) is 74.3 Å². The fourth-order valence-corrected chi connectivity index (χ4v) is 9.39. The summed E-state index contributed by atoms with van der Waals surface area (Å²) >= 11 is 0. The minimum atomic E-state index is -5.57. The van der Waals surface area contributed by atoms with E-state index in [9.17, 15) is 41.5 Å². The topological polar surface area (TPSA) is 81.0 Å². The van der Waals surface area contributed by atoms with Gasteiger partial charge in [-0.3, -0.25) is 4.21 Å². The van der Waals surface area contributed by atoms with Crippen molar-refractivity contribution < 1.29 is 41.5 Å². The van der Waals surface area contributed by atoms with E-state index in [0.717, 1.165) is 61.8 Å². The van der Waals surface area contributed by atoms with Crippen molar-refractivity contribution >= 4 is 10.8 Å². The number of alkyl halides is 5. The zero-order valence-electron chi connectivity index (χ0n) is 25.8. The van der Waals surface area contributed by atoms with E-state index in [-0.39, 0.29) is 46.3 Å². The maximum Gasteiger partial charge on any atom is 0.453 e. The number of nitrogens with zero attached hydrogens (tertiary/aromatic N) is 1. The summed E-state index contributed by atoms with van der Waals surface area (Å²) in [7, 11) is 0.520. The third kappa shape index (κ3) is 7.52. The largest absolute Gasteiger partial charge is 0.508 e. The van der Waals surface area contributed by atoms with Crippen LogP contribution in [0.15, 0.2) is 30.4 Å². The first kappa shape index (κ1) is 35.3. The van der Waals surface area contributed by atoms with Crippen molar-refractivity contribution in [3.05, 3.63) is 41.5 Å². The Balaban J connectivity index is 1.23. The van der Waals surface area contributed by atoms with E-state index >= 15 is 0 Å². The van der Waals surface area contributed by atoms with Gasteiger partial charge in [0, 0.05) is 28.7 Å². The van der Waals surface area contributed by atoms with Gasteiger partial charge in [0.05, 0.1) is 12.2 Å². The third-order valence-corrected chi connectivity index (χ3v) is 12.3. The first-order valence-electron chi connectivity index (χ1n) is 15.9. The van der Waals surface area contributed by atoms with Gasteiger partial charge in [0.2, 0.25) is 0 Å². The van der Waals surface area contributed by atoms with Gasteiger partial charge in [-0.25, -0.2) is 0 Å². The molecule has 5 unspecified atom stereocenters. The molecule has 0 amide bonds. The molecule has 0 spiro atoms. The lowest BCUT2D eigenvalue weighted by molar-refractivity contribution is -0.284. The van der Waals surface area contributed by atoms with Gasteiger partial charge in [-0.05, 0) is 123 Å². The average Bonchev–Trinajstić information content (AvgIpc) is 3.17. The monoisotopic (exact) mass is 649 g/mol. The number of benzene rings is 1. The summed E-state index contributed by atoms with van der Waals surface area (Å²) in [6.07, 6.45) is -1.76. The number of aliphatic hydroxyl groups is 2. The smallest absolute Gasteiger partial charge is 0.453 e. The van der Waals surface area contributed by atoms with Crippen molar-refractivity contribution in [1.82, 2.24) is 4.90 Å². The Kier molecular flexibility index (Phi) is 11.3. The predicted molar refractivity (Wildman–Crippen MR) is 162 cm³/mol. The van der Waals surface area contributed by atoms with E-state index in [1.165, 1.54) is 0 Å². The molecule has 5 nitrogen and oxygen atoms in total. The molecule has 0 radical (unpaired) electrons. The summed E-state index contributed by atoms with van der Waals surface area (Å²) in [5, 5.41) is 32.6. The molecule has 3 aliphatic rings. The van der Waals surface area contributed by atoms with E-state index < -0.39 is 47.9 Å². The molecule has 0 saturated heterocycles. The Hall–Kier alpha value is -1.56. The number of halogens is 5. The molecule has 2 saturated carbocycles. The molecule has 11 heteroatoms. The molecule has 0 bridgehead atoms. The number of unbranched alkanes of at least 4 members (excludes halogenated alkanes) is 2. The van der Waals surface area contributed by atoms with Gasteiger partial charge in [0.15, 0.2) is 0 Å². The van der Waals surface area contributed by atoms with Crippen LogP contribution in [0.3, 0.4) is 0 Å². The minimum absolute atomic E-state index is 0.0146. The predicted octanol–water partition coefficient (Wildman–Crippen LogP) is 7.10. The Morgan fingerprint density at radius 2 is 1.70 bits per heavy atom. The van der Waals surface area contributed by atoms with E-state index in [4.69, 9.17) is 0 Å². The van der Waals surface area contributed by atoms with Gasteiger partial charge in [-0.1, -0.05) is 32.4 Å². The Morgan fingerprint density at radius 1 is 1.02 bits per heavy atom. The molecule has 4 rings (SSSR count). The second-order valence-corrected chi connectivity index (χ2v) is 15.3. The lowest BCUT2D eigenvalue weighted by Gasteiger charge is -2.53. The number of aliphatic hydroxyl groups excluding tert-OH is 2. The van der Waals surface area contributed by atoms with E-state index in [0.29, 0.717) is 19.4 Å². The van der Waals surface area contributed by atoms with E-state index in [1.54, 1.807) is 12.1 Å². The van der Waals surface area contributed by atoms with Gasteiger partial charge in [-0.15, -0.1) is 0 Å². The highest BCUT2D eigenvalue weighted by molar-refractivity contribution is 7.84. The molecular formula is C33H48F5NO4S. The van der Waals surface area contributed by atoms with Gasteiger partial charge in [0.25, 0.3) is 0 Å². The third-order valence-electron chi connectivity index (χ3n) is 10.8. The van der Waals surface area contributed by atoms with E-state index in [1.807, 2.05) is 13.1 Å². The van der Waals surface area contributed by atoms with Crippen LogP contribution in [0.4, 0.5) is 22.0 Å². The molecule has 1 aromatic rings. The van der Waals surface area contributed by atoms with Crippen LogP contribution in [0.1, 0.15) is 94.3 Å². The van der Waals surface area contributed by atoms with Gasteiger partial charge in [-0.2, -0.15) is 22.0 Å². The van der Waals surface area contributed by atoms with Crippen LogP contribution >= 0.6 is 0 Å². The number of hydrogen-bond donors (Lipinski definition) is 3. The zero-order valence-corrected chi connectivity index (χ0v) is 26.6. The van der Waals surface area contributed by atoms with Gasteiger partial charge >= 0.3 is 12.1 Å². The fraction of sp³-hybridized carbons (Fsp3) is 0.758. The molecule has 3 aliphatic carbocycles.